The molecule has 0 saturated carbocycles. The Kier molecular flexibility index (Phi) is 4.20. The third-order valence-electron chi connectivity index (χ3n) is 2.31. The molecule has 0 spiro atoms. The molecule has 1 rings (SSSR count). The van der Waals surface area contributed by atoms with Crippen molar-refractivity contribution in [2.24, 2.45) is 5.92 Å². The monoisotopic (exact) mass is 239 g/mol. The van der Waals surface area contributed by atoms with Crippen molar-refractivity contribution in [2.75, 3.05) is 5.32 Å². The number of carbonyl (C=O) groups excluding carboxylic acids is 1. The van der Waals surface area contributed by atoms with Crippen molar-refractivity contribution in [2.45, 2.75) is 20.3 Å². The van der Waals surface area contributed by atoms with Gasteiger partial charge >= 0.3 is 5.97 Å². The molecule has 0 bridgehead atoms. The van der Waals surface area contributed by atoms with Crippen LogP contribution in [0, 0.1) is 11.7 Å². The highest BCUT2D eigenvalue weighted by molar-refractivity contribution is 5.88. The lowest BCUT2D eigenvalue weighted by Gasteiger charge is -2.08. The molecule has 5 heteroatoms. The van der Waals surface area contributed by atoms with Crippen LogP contribution in [0.2, 0.25) is 0 Å². The second-order valence-corrected chi connectivity index (χ2v) is 3.94. The molecule has 4 nitrogen and oxygen atoms in total. The summed E-state index contributed by atoms with van der Waals surface area (Å²) >= 11 is 0. The van der Waals surface area contributed by atoms with Crippen LogP contribution in [-0.2, 0) is 16.0 Å². The standard InChI is InChI=1S/C12H14FNO3/c1-7(12(16)17)5-9-3-4-11(10(13)6-9)14-8(2)15/h3-4,6-7H,5H2,1-2H3,(H,14,15)(H,16,17). The minimum absolute atomic E-state index is 0.101. The van der Waals surface area contributed by atoms with Gasteiger partial charge in [-0.3, -0.25) is 9.59 Å². The summed E-state index contributed by atoms with van der Waals surface area (Å²) in [6.07, 6.45) is 0.257. The molecule has 1 amide bonds. The predicted octanol–water partition coefficient (Wildman–Crippen LogP) is 2.05. The first kappa shape index (κ1) is 13.2. The van der Waals surface area contributed by atoms with E-state index in [1.165, 1.54) is 19.1 Å². The van der Waals surface area contributed by atoms with Gasteiger partial charge in [-0.25, -0.2) is 4.39 Å². The zero-order valence-corrected chi connectivity index (χ0v) is 9.66. The Labute approximate surface area is 98.5 Å². The van der Waals surface area contributed by atoms with Crippen LogP contribution in [0.25, 0.3) is 0 Å². The van der Waals surface area contributed by atoms with Crippen LogP contribution in [0.4, 0.5) is 10.1 Å². The molecule has 0 radical (unpaired) electrons. The second-order valence-electron chi connectivity index (χ2n) is 3.94. The van der Waals surface area contributed by atoms with E-state index in [0.717, 1.165) is 0 Å². The van der Waals surface area contributed by atoms with Crippen molar-refractivity contribution >= 4 is 17.6 Å². The average Bonchev–Trinajstić information content (AvgIpc) is 2.21. The molecule has 0 aliphatic rings. The summed E-state index contributed by atoms with van der Waals surface area (Å²) in [5, 5.41) is 11.1. The molecule has 1 aromatic rings. The van der Waals surface area contributed by atoms with Crippen molar-refractivity contribution in [1.82, 2.24) is 0 Å². The van der Waals surface area contributed by atoms with Crippen molar-refractivity contribution in [3.8, 4) is 0 Å². The maximum absolute atomic E-state index is 13.5. The highest BCUT2D eigenvalue weighted by atomic mass is 19.1. The first-order valence-corrected chi connectivity index (χ1v) is 5.19. The van der Waals surface area contributed by atoms with Gasteiger partial charge in [0.1, 0.15) is 5.82 Å². The van der Waals surface area contributed by atoms with E-state index in [-0.39, 0.29) is 18.0 Å². The van der Waals surface area contributed by atoms with Crippen LogP contribution >= 0.6 is 0 Å². The van der Waals surface area contributed by atoms with Gasteiger partial charge in [-0.2, -0.15) is 0 Å². The molecule has 1 unspecified atom stereocenters. The topological polar surface area (TPSA) is 66.4 Å². The molecule has 0 aliphatic carbocycles. The maximum atomic E-state index is 13.5. The highest BCUT2D eigenvalue weighted by Gasteiger charge is 2.13. The molecule has 92 valence electrons. The van der Waals surface area contributed by atoms with E-state index in [9.17, 15) is 14.0 Å². The van der Waals surface area contributed by atoms with Gasteiger partial charge in [-0.1, -0.05) is 13.0 Å². The molecule has 0 saturated heterocycles. The molecule has 1 atom stereocenters. The Bertz CT molecular complexity index is 445. The Hall–Kier alpha value is -1.91. The van der Waals surface area contributed by atoms with Gasteiger partial charge < -0.3 is 10.4 Å². The Morgan fingerprint density at radius 1 is 1.47 bits per heavy atom. The fourth-order valence-corrected chi connectivity index (χ4v) is 1.42. The number of benzene rings is 1. The van der Waals surface area contributed by atoms with E-state index >= 15 is 0 Å². The predicted molar refractivity (Wildman–Crippen MR) is 61.2 cm³/mol. The fourth-order valence-electron chi connectivity index (χ4n) is 1.42. The van der Waals surface area contributed by atoms with E-state index in [4.69, 9.17) is 5.11 Å². The van der Waals surface area contributed by atoms with Gasteiger partial charge in [0.05, 0.1) is 11.6 Å². The third-order valence-corrected chi connectivity index (χ3v) is 2.31. The fraction of sp³-hybridized carbons (Fsp3) is 0.333. The van der Waals surface area contributed by atoms with E-state index in [0.29, 0.717) is 5.56 Å². The highest BCUT2D eigenvalue weighted by Crippen LogP contribution is 2.18. The number of nitrogens with one attached hydrogen (secondary N) is 1. The lowest BCUT2D eigenvalue weighted by atomic mass is 10.0. The minimum atomic E-state index is -0.920. The normalized spacial score (nSPS) is 11.9. The Morgan fingerprint density at radius 3 is 2.59 bits per heavy atom. The summed E-state index contributed by atoms with van der Waals surface area (Å²) < 4.78 is 13.5. The summed E-state index contributed by atoms with van der Waals surface area (Å²) in [6.45, 7) is 2.85. The molecular formula is C12H14FNO3. The average molecular weight is 239 g/mol. The number of hydrogen-bond acceptors (Lipinski definition) is 2. The molecule has 0 heterocycles. The zero-order valence-electron chi connectivity index (χ0n) is 9.66. The summed E-state index contributed by atoms with van der Waals surface area (Å²) in [6, 6.07) is 4.28. The summed E-state index contributed by atoms with van der Waals surface area (Å²) in [7, 11) is 0. The van der Waals surface area contributed by atoms with E-state index in [1.54, 1.807) is 13.0 Å². The summed E-state index contributed by atoms with van der Waals surface area (Å²) in [4.78, 5) is 21.4. The molecule has 0 aromatic heterocycles. The largest absolute Gasteiger partial charge is 0.481 e. The Balaban J connectivity index is 2.81. The van der Waals surface area contributed by atoms with E-state index in [2.05, 4.69) is 5.32 Å². The van der Waals surface area contributed by atoms with Crippen LogP contribution in [0.3, 0.4) is 0 Å². The number of carbonyl (C=O) groups is 2. The van der Waals surface area contributed by atoms with E-state index in [1.807, 2.05) is 0 Å². The number of anilines is 1. The van der Waals surface area contributed by atoms with E-state index < -0.39 is 17.7 Å². The van der Waals surface area contributed by atoms with Gasteiger partial charge in [0.15, 0.2) is 0 Å². The first-order chi connectivity index (χ1) is 7.90. The van der Waals surface area contributed by atoms with Crippen LogP contribution < -0.4 is 5.32 Å². The number of carboxylic acid groups (broad SMARTS) is 1. The van der Waals surface area contributed by atoms with Gasteiger partial charge in [-0.15, -0.1) is 0 Å². The quantitative estimate of drug-likeness (QED) is 0.845. The number of carboxylic acids is 1. The van der Waals surface area contributed by atoms with Gasteiger partial charge in [-0.05, 0) is 24.1 Å². The Morgan fingerprint density at radius 2 is 2.12 bits per heavy atom. The van der Waals surface area contributed by atoms with Crippen LogP contribution in [0.5, 0.6) is 0 Å². The molecule has 0 aliphatic heterocycles. The van der Waals surface area contributed by atoms with Crippen molar-refractivity contribution in [3.63, 3.8) is 0 Å². The first-order valence-electron chi connectivity index (χ1n) is 5.19. The van der Waals surface area contributed by atoms with Crippen LogP contribution in [0.15, 0.2) is 18.2 Å². The van der Waals surface area contributed by atoms with Crippen LogP contribution in [-0.4, -0.2) is 17.0 Å². The molecule has 17 heavy (non-hydrogen) atoms. The number of rotatable bonds is 4. The molecule has 1 aromatic carbocycles. The molecule has 0 fully saturated rings. The van der Waals surface area contributed by atoms with Crippen molar-refractivity contribution < 1.29 is 19.1 Å². The number of hydrogen-bond donors (Lipinski definition) is 2. The summed E-state index contributed by atoms with van der Waals surface area (Å²) in [5.74, 6) is -2.40. The smallest absolute Gasteiger partial charge is 0.306 e. The molecule has 2 N–H and O–H groups in total. The number of aliphatic carboxylic acids is 1. The maximum Gasteiger partial charge on any atom is 0.306 e. The lowest BCUT2D eigenvalue weighted by molar-refractivity contribution is -0.141. The summed E-state index contributed by atoms with van der Waals surface area (Å²) in [5.41, 5.74) is 0.690. The van der Waals surface area contributed by atoms with Crippen LogP contribution in [0.1, 0.15) is 19.4 Å². The van der Waals surface area contributed by atoms with Gasteiger partial charge in [0.2, 0.25) is 5.91 Å². The van der Waals surface area contributed by atoms with Crippen molar-refractivity contribution in [3.05, 3.63) is 29.6 Å². The van der Waals surface area contributed by atoms with Crippen molar-refractivity contribution in [1.29, 1.82) is 0 Å². The third kappa shape index (κ3) is 3.86. The minimum Gasteiger partial charge on any atom is -0.481 e. The lowest BCUT2D eigenvalue weighted by Crippen LogP contribution is -2.13. The molecular weight excluding hydrogens is 225 g/mol. The van der Waals surface area contributed by atoms with Gasteiger partial charge in [0.25, 0.3) is 0 Å². The zero-order chi connectivity index (χ0) is 13.0. The second kappa shape index (κ2) is 5.43. The van der Waals surface area contributed by atoms with Gasteiger partial charge in [0, 0.05) is 6.92 Å². The number of amides is 1. The SMILES string of the molecule is CC(=O)Nc1ccc(CC(C)C(=O)O)cc1F. The number of halogens is 1.